The Labute approximate surface area is 82.9 Å². The van der Waals surface area contributed by atoms with E-state index in [9.17, 15) is 13.8 Å². The van der Waals surface area contributed by atoms with Crippen molar-refractivity contribution in [1.82, 2.24) is 5.34 Å². The van der Waals surface area contributed by atoms with Gasteiger partial charge in [0.15, 0.2) is 0 Å². The van der Waals surface area contributed by atoms with E-state index in [0.717, 1.165) is 25.7 Å². The molecule has 0 aliphatic carbocycles. The molecule has 0 saturated carbocycles. The SMILES string of the molecule is CCCCC(CC)COC(=O)N(F)F. The third-order valence-corrected chi connectivity index (χ3v) is 2.12. The largest absolute Gasteiger partial charge is 0.468 e. The van der Waals surface area contributed by atoms with Crippen LogP contribution in [0.2, 0.25) is 0 Å². The number of nitrogens with zero attached hydrogens (tertiary/aromatic N) is 1. The Morgan fingerprint density at radius 3 is 2.50 bits per heavy atom. The van der Waals surface area contributed by atoms with Gasteiger partial charge in [-0.25, -0.2) is 4.79 Å². The Balaban J connectivity index is 3.66. The molecule has 5 heteroatoms. The highest BCUT2D eigenvalue weighted by Crippen LogP contribution is 2.13. The van der Waals surface area contributed by atoms with E-state index in [0.29, 0.717) is 0 Å². The number of hydrogen-bond acceptors (Lipinski definition) is 2. The molecule has 0 aromatic carbocycles. The van der Waals surface area contributed by atoms with Crippen LogP contribution in [0.1, 0.15) is 39.5 Å². The van der Waals surface area contributed by atoms with Crippen LogP contribution in [0.4, 0.5) is 13.8 Å². The molecular weight excluding hydrogens is 192 g/mol. The summed E-state index contributed by atoms with van der Waals surface area (Å²) < 4.78 is 27.6. The van der Waals surface area contributed by atoms with E-state index >= 15 is 0 Å². The fourth-order valence-electron chi connectivity index (χ4n) is 1.14. The van der Waals surface area contributed by atoms with Crippen molar-refractivity contribution in [2.24, 2.45) is 5.92 Å². The summed E-state index contributed by atoms with van der Waals surface area (Å²) in [6.45, 7) is 4.10. The van der Waals surface area contributed by atoms with Gasteiger partial charge in [0.1, 0.15) is 0 Å². The molecule has 0 aromatic rings. The van der Waals surface area contributed by atoms with Crippen molar-refractivity contribution in [3.05, 3.63) is 0 Å². The van der Waals surface area contributed by atoms with Gasteiger partial charge in [-0.15, -0.1) is 0 Å². The van der Waals surface area contributed by atoms with Crippen molar-refractivity contribution in [3.8, 4) is 0 Å². The smallest absolute Gasteiger partial charge is 0.446 e. The third kappa shape index (κ3) is 5.72. The highest BCUT2D eigenvalue weighted by atomic mass is 19.4. The Bertz CT molecular complexity index is 165. The normalized spacial score (nSPS) is 12.3. The van der Waals surface area contributed by atoms with Crippen molar-refractivity contribution < 1.29 is 18.5 Å². The van der Waals surface area contributed by atoms with Crippen LogP contribution < -0.4 is 0 Å². The van der Waals surface area contributed by atoms with Crippen LogP contribution in [0.3, 0.4) is 0 Å². The van der Waals surface area contributed by atoms with Gasteiger partial charge in [0, 0.05) is 5.34 Å². The maximum atomic E-state index is 11.6. The van der Waals surface area contributed by atoms with Crippen molar-refractivity contribution in [1.29, 1.82) is 0 Å². The van der Waals surface area contributed by atoms with E-state index in [1.165, 1.54) is 0 Å². The minimum atomic E-state index is -1.57. The second-order valence-electron chi connectivity index (χ2n) is 3.23. The van der Waals surface area contributed by atoms with Gasteiger partial charge in [-0.2, -0.15) is 0 Å². The summed E-state index contributed by atoms with van der Waals surface area (Å²) in [6.07, 6.45) is 2.28. The molecule has 0 aromatic heterocycles. The second kappa shape index (κ2) is 7.53. The highest BCUT2D eigenvalue weighted by Gasteiger charge is 2.15. The molecule has 0 bridgehead atoms. The quantitative estimate of drug-likeness (QED) is 0.627. The summed E-state index contributed by atoms with van der Waals surface area (Å²) in [5.74, 6) is 0.193. The lowest BCUT2D eigenvalue weighted by Gasteiger charge is -2.13. The topological polar surface area (TPSA) is 29.5 Å². The molecule has 0 N–H and O–H groups in total. The zero-order valence-corrected chi connectivity index (χ0v) is 8.63. The van der Waals surface area contributed by atoms with Crippen LogP contribution in [0.25, 0.3) is 0 Å². The molecule has 0 radical (unpaired) electrons. The molecule has 0 aliphatic heterocycles. The first-order chi connectivity index (χ1) is 6.61. The fraction of sp³-hybridized carbons (Fsp3) is 0.889. The minimum absolute atomic E-state index is 0.0830. The van der Waals surface area contributed by atoms with Gasteiger partial charge >= 0.3 is 6.09 Å². The number of rotatable bonds is 6. The lowest BCUT2D eigenvalue weighted by atomic mass is 10.0. The zero-order valence-electron chi connectivity index (χ0n) is 8.63. The van der Waals surface area contributed by atoms with Crippen LogP contribution in [0, 0.1) is 5.92 Å². The average Bonchev–Trinajstić information content (AvgIpc) is 2.17. The van der Waals surface area contributed by atoms with Crippen molar-refractivity contribution in [3.63, 3.8) is 0 Å². The third-order valence-electron chi connectivity index (χ3n) is 2.12. The average molecular weight is 209 g/mol. The van der Waals surface area contributed by atoms with E-state index in [1.54, 1.807) is 0 Å². The van der Waals surface area contributed by atoms with Crippen LogP contribution in [-0.4, -0.2) is 18.0 Å². The van der Waals surface area contributed by atoms with Gasteiger partial charge in [-0.3, -0.25) is 0 Å². The predicted octanol–water partition coefficient (Wildman–Crippen LogP) is 3.41. The van der Waals surface area contributed by atoms with E-state index in [4.69, 9.17) is 0 Å². The Kier molecular flexibility index (Phi) is 7.06. The fourth-order valence-corrected chi connectivity index (χ4v) is 1.14. The van der Waals surface area contributed by atoms with Crippen molar-refractivity contribution in [2.45, 2.75) is 39.5 Å². The standard InChI is InChI=1S/C9H17F2NO2/c1-3-5-6-8(4-2)7-14-9(13)12(10)11/h8H,3-7H2,1-2H3. The van der Waals surface area contributed by atoms with Gasteiger partial charge in [0.2, 0.25) is 0 Å². The number of amides is 1. The Morgan fingerprint density at radius 2 is 2.07 bits per heavy atom. The van der Waals surface area contributed by atoms with E-state index in [1.807, 2.05) is 6.92 Å². The van der Waals surface area contributed by atoms with Crippen LogP contribution in [-0.2, 0) is 4.74 Å². The predicted molar refractivity (Wildman–Crippen MR) is 48.7 cm³/mol. The van der Waals surface area contributed by atoms with Crippen LogP contribution in [0.15, 0.2) is 0 Å². The minimum Gasteiger partial charge on any atom is -0.446 e. The molecule has 0 heterocycles. The van der Waals surface area contributed by atoms with Crippen molar-refractivity contribution >= 4 is 6.09 Å². The van der Waals surface area contributed by atoms with Crippen molar-refractivity contribution in [2.75, 3.05) is 6.61 Å². The van der Waals surface area contributed by atoms with Gasteiger partial charge < -0.3 is 4.74 Å². The molecule has 0 fully saturated rings. The maximum Gasteiger partial charge on any atom is 0.468 e. The molecule has 14 heavy (non-hydrogen) atoms. The number of hydrogen-bond donors (Lipinski definition) is 0. The number of halogens is 2. The number of carbonyl (C=O) groups excluding carboxylic acids is 1. The maximum absolute atomic E-state index is 11.6. The lowest BCUT2D eigenvalue weighted by Crippen LogP contribution is -2.19. The summed E-state index contributed by atoms with van der Waals surface area (Å²) in [5.41, 5.74) is 0. The molecule has 0 spiro atoms. The van der Waals surface area contributed by atoms with Gasteiger partial charge in [0.05, 0.1) is 6.61 Å². The van der Waals surface area contributed by atoms with Gasteiger partial charge in [-0.05, 0) is 12.3 Å². The van der Waals surface area contributed by atoms with Crippen LogP contribution in [0.5, 0.6) is 0 Å². The van der Waals surface area contributed by atoms with E-state index in [2.05, 4.69) is 11.7 Å². The van der Waals surface area contributed by atoms with Gasteiger partial charge in [0.25, 0.3) is 0 Å². The molecule has 0 saturated heterocycles. The number of carbonyl (C=O) groups is 1. The van der Waals surface area contributed by atoms with Gasteiger partial charge in [-0.1, -0.05) is 42.1 Å². The van der Waals surface area contributed by atoms with E-state index in [-0.39, 0.29) is 12.5 Å². The first-order valence-corrected chi connectivity index (χ1v) is 4.90. The molecule has 0 rings (SSSR count). The number of unbranched alkanes of at least 4 members (excludes halogenated alkanes) is 1. The second-order valence-corrected chi connectivity index (χ2v) is 3.23. The molecular formula is C9H17F2NO2. The molecule has 1 amide bonds. The molecule has 0 aliphatic rings. The van der Waals surface area contributed by atoms with Crippen LogP contribution >= 0.6 is 0 Å². The Morgan fingerprint density at radius 1 is 1.43 bits per heavy atom. The first kappa shape index (κ1) is 13.1. The first-order valence-electron chi connectivity index (χ1n) is 4.90. The zero-order chi connectivity index (χ0) is 11.0. The monoisotopic (exact) mass is 209 g/mol. The summed E-state index contributed by atoms with van der Waals surface area (Å²) in [6, 6.07) is 0. The lowest BCUT2D eigenvalue weighted by molar-refractivity contribution is -0.127. The highest BCUT2D eigenvalue weighted by molar-refractivity contribution is 5.64. The molecule has 1 unspecified atom stereocenters. The molecule has 1 atom stereocenters. The Hall–Kier alpha value is -0.870. The number of ether oxygens (including phenoxy) is 1. The summed E-state index contributed by atoms with van der Waals surface area (Å²) >= 11 is 0. The summed E-state index contributed by atoms with van der Waals surface area (Å²) in [4.78, 5) is 10.4. The summed E-state index contributed by atoms with van der Waals surface area (Å²) in [5, 5.41) is -1.54. The molecule has 3 nitrogen and oxygen atoms in total. The molecule has 84 valence electrons. The summed E-state index contributed by atoms with van der Waals surface area (Å²) in [7, 11) is 0. The van der Waals surface area contributed by atoms with E-state index < -0.39 is 11.4 Å².